The Morgan fingerprint density at radius 1 is 1.29 bits per heavy atom. The van der Waals surface area contributed by atoms with Crippen molar-refractivity contribution in [3.05, 3.63) is 24.3 Å². The van der Waals surface area contributed by atoms with Crippen molar-refractivity contribution in [2.24, 2.45) is 0 Å². The van der Waals surface area contributed by atoms with Gasteiger partial charge in [-0.3, -0.25) is 0 Å². The van der Waals surface area contributed by atoms with Crippen molar-refractivity contribution in [3.63, 3.8) is 0 Å². The predicted octanol–water partition coefficient (Wildman–Crippen LogP) is 0.584. The third-order valence-electron chi connectivity index (χ3n) is 2.91. The average Bonchev–Trinajstić information content (AvgIpc) is 2.64. The summed E-state index contributed by atoms with van der Waals surface area (Å²) < 4.78 is 26.4. The molecule has 0 heterocycles. The minimum absolute atomic E-state index is 0.0107. The van der Waals surface area contributed by atoms with E-state index in [-0.39, 0.29) is 10.6 Å². The monoisotopic (exact) mass is 257 g/mol. The normalized spacial score (nSPS) is 25.0. The van der Waals surface area contributed by atoms with E-state index in [0.29, 0.717) is 12.8 Å². The van der Waals surface area contributed by atoms with E-state index >= 15 is 0 Å². The number of aliphatic hydroxyl groups is 1. The highest BCUT2D eigenvalue weighted by molar-refractivity contribution is 7.89. The number of aromatic hydroxyl groups is 1. The Balaban J connectivity index is 2.19. The first-order valence-electron chi connectivity index (χ1n) is 5.48. The van der Waals surface area contributed by atoms with E-state index in [1.165, 1.54) is 24.3 Å². The van der Waals surface area contributed by atoms with E-state index in [2.05, 4.69) is 4.72 Å². The van der Waals surface area contributed by atoms with Gasteiger partial charge in [0.25, 0.3) is 0 Å². The van der Waals surface area contributed by atoms with E-state index in [9.17, 15) is 18.6 Å². The lowest BCUT2D eigenvalue weighted by Gasteiger charge is -2.16. The molecule has 1 aliphatic carbocycles. The van der Waals surface area contributed by atoms with Crippen molar-refractivity contribution >= 4 is 10.0 Å². The molecule has 2 atom stereocenters. The van der Waals surface area contributed by atoms with E-state index in [4.69, 9.17) is 0 Å². The first-order valence-corrected chi connectivity index (χ1v) is 6.97. The van der Waals surface area contributed by atoms with Crippen molar-refractivity contribution < 1.29 is 18.6 Å². The fraction of sp³-hybridized carbons (Fsp3) is 0.455. The Bertz CT molecular complexity index is 500. The summed E-state index contributed by atoms with van der Waals surface area (Å²) in [6.45, 7) is 0. The van der Waals surface area contributed by atoms with Crippen LogP contribution in [0.3, 0.4) is 0 Å². The molecule has 17 heavy (non-hydrogen) atoms. The van der Waals surface area contributed by atoms with Crippen LogP contribution in [0.15, 0.2) is 29.2 Å². The van der Waals surface area contributed by atoms with E-state index in [0.717, 1.165) is 6.42 Å². The second-order valence-electron chi connectivity index (χ2n) is 4.22. The molecule has 0 spiro atoms. The molecule has 0 saturated heterocycles. The van der Waals surface area contributed by atoms with Gasteiger partial charge in [-0.25, -0.2) is 13.1 Å². The molecular weight excluding hydrogens is 242 g/mol. The topological polar surface area (TPSA) is 86.6 Å². The third-order valence-corrected chi connectivity index (χ3v) is 4.40. The SMILES string of the molecule is O=S(=O)(N[C@@H]1CCC[C@@H]1O)c1cccc(O)c1. The number of rotatable bonds is 3. The van der Waals surface area contributed by atoms with Crippen LogP contribution in [0.1, 0.15) is 19.3 Å². The Hall–Kier alpha value is -1.11. The second-order valence-corrected chi connectivity index (χ2v) is 5.94. The molecule has 2 rings (SSSR count). The van der Waals surface area contributed by atoms with Crippen molar-refractivity contribution in [2.45, 2.75) is 36.3 Å². The maximum Gasteiger partial charge on any atom is 0.241 e. The maximum absolute atomic E-state index is 12.0. The van der Waals surface area contributed by atoms with Crippen molar-refractivity contribution in [1.82, 2.24) is 4.72 Å². The van der Waals surface area contributed by atoms with Crippen LogP contribution in [0.4, 0.5) is 0 Å². The zero-order valence-electron chi connectivity index (χ0n) is 9.20. The zero-order valence-corrected chi connectivity index (χ0v) is 10.0. The van der Waals surface area contributed by atoms with Gasteiger partial charge in [0.15, 0.2) is 0 Å². The lowest BCUT2D eigenvalue weighted by atomic mass is 10.2. The second kappa shape index (κ2) is 4.64. The molecule has 1 aliphatic rings. The lowest BCUT2D eigenvalue weighted by Crippen LogP contribution is -2.39. The van der Waals surface area contributed by atoms with Crippen LogP contribution in [0.2, 0.25) is 0 Å². The van der Waals surface area contributed by atoms with Crippen LogP contribution in [0.25, 0.3) is 0 Å². The van der Waals surface area contributed by atoms with Gasteiger partial charge in [-0.05, 0) is 37.5 Å². The van der Waals surface area contributed by atoms with Gasteiger partial charge in [-0.15, -0.1) is 0 Å². The van der Waals surface area contributed by atoms with Crippen LogP contribution in [0, 0.1) is 0 Å². The minimum atomic E-state index is -3.67. The highest BCUT2D eigenvalue weighted by Crippen LogP contribution is 2.22. The number of nitrogens with one attached hydrogen (secondary N) is 1. The fourth-order valence-electron chi connectivity index (χ4n) is 2.00. The van der Waals surface area contributed by atoms with Gasteiger partial charge >= 0.3 is 0 Å². The summed E-state index contributed by atoms with van der Waals surface area (Å²) in [6, 6.07) is 5.04. The molecule has 1 aromatic rings. The molecule has 94 valence electrons. The van der Waals surface area contributed by atoms with Gasteiger partial charge in [0.1, 0.15) is 5.75 Å². The Kier molecular flexibility index (Phi) is 3.37. The highest BCUT2D eigenvalue weighted by Gasteiger charge is 2.29. The summed E-state index contributed by atoms with van der Waals surface area (Å²) in [5.41, 5.74) is 0. The number of aliphatic hydroxyl groups excluding tert-OH is 1. The summed E-state index contributed by atoms with van der Waals surface area (Å²) in [4.78, 5) is 0.0107. The van der Waals surface area contributed by atoms with Crippen LogP contribution in [-0.2, 0) is 10.0 Å². The average molecular weight is 257 g/mol. The number of phenolic OH excluding ortho intramolecular Hbond substituents is 1. The van der Waals surface area contributed by atoms with E-state index < -0.39 is 22.2 Å². The third kappa shape index (κ3) is 2.77. The molecule has 6 heteroatoms. The molecule has 1 aromatic carbocycles. The van der Waals surface area contributed by atoms with Crippen molar-refractivity contribution in [1.29, 1.82) is 0 Å². The first kappa shape index (κ1) is 12.3. The summed E-state index contributed by atoms with van der Waals surface area (Å²) in [6.07, 6.45) is 1.45. The molecular formula is C11H15NO4S. The quantitative estimate of drug-likeness (QED) is 0.739. The number of sulfonamides is 1. The van der Waals surface area contributed by atoms with Crippen LogP contribution >= 0.6 is 0 Å². The van der Waals surface area contributed by atoms with Gasteiger partial charge in [-0.2, -0.15) is 0 Å². The summed E-state index contributed by atoms with van der Waals surface area (Å²) in [5, 5.41) is 18.8. The zero-order chi connectivity index (χ0) is 12.5. The van der Waals surface area contributed by atoms with E-state index in [1.54, 1.807) is 0 Å². The van der Waals surface area contributed by atoms with E-state index in [1.807, 2.05) is 0 Å². The molecule has 0 radical (unpaired) electrons. The van der Waals surface area contributed by atoms with Gasteiger partial charge in [-0.1, -0.05) is 6.07 Å². The van der Waals surface area contributed by atoms with Gasteiger partial charge < -0.3 is 10.2 Å². The van der Waals surface area contributed by atoms with Gasteiger partial charge in [0.05, 0.1) is 11.0 Å². The molecule has 3 N–H and O–H groups in total. The van der Waals surface area contributed by atoms with Crippen molar-refractivity contribution in [3.8, 4) is 5.75 Å². The molecule has 0 aliphatic heterocycles. The maximum atomic E-state index is 12.0. The molecule has 1 fully saturated rings. The van der Waals surface area contributed by atoms with Gasteiger partial charge in [0.2, 0.25) is 10.0 Å². The summed E-state index contributed by atoms with van der Waals surface area (Å²) >= 11 is 0. The Morgan fingerprint density at radius 3 is 2.65 bits per heavy atom. The fourth-order valence-corrected chi connectivity index (χ4v) is 3.34. The van der Waals surface area contributed by atoms with Gasteiger partial charge in [0, 0.05) is 6.04 Å². The van der Waals surface area contributed by atoms with Crippen LogP contribution < -0.4 is 4.72 Å². The molecule has 0 aromatic heterocycles. The number of benzene rings is 1. The predicted molar refractivity (Wildman–Crippen MR) is 62.1 cm³/mol. The van der Waals surface area contributed by atoms with Crippen LogP contribution in [-0.4, -0.2) is 30.8 Å². The number of hydrogen-bond acceptors (Lipinski definition) is 4. The summed E-state index contributed by atoms with van der Waals surface area (Å²) in [7, 11) is -3.67. The molecule has 5 nitrogen and oxygen atoms in total. The Morgan fingerprint density at radius 2 is 2.06 bits per heavy atom. The highest BCUT2D eigenvalue weighted by atomic mass is 32.2. The molecule has 0 bridgehead atoms. The first-order chi connectivity index (χ1) is 7.99. The minimum Gasteiger partial charge on any atom is -0.508 e. The molecule has 1 saturated carbocycles. The Labute approximate surface area is 100 Å². The largest absolute Gasteiger partial charge is 0.508 e. The standard InChI is InChI=1S/C11H15NO4S/c13-8-3-1-4-9(7-8)17(15,16)12-10-5-2-6-11(10)14/h1,3-4,7,10-14H,2,5-6H2/t10-,11+/m1/s1. The number of phenols is 1. The molecule has 0 amide bonds. The smallest absolute Gasteiger partial charge is 0.241 e. The number of hydrogen-bond donors (Lipinski definition) is 3. The lowest BCUT2D eigenvalue weighted by molar-refractivity contribution is 0.159. The summed E-state index contributed by atoms with van der Waals surface area (Å²) in [5.74, 6) is -0.0974. The van der Waals surface area contributed by atoms with Crippen molar-refractivity contribution in [2.75, 3.05) is 0 Å². The molecule has 0 unspecified atom stereocenters. The van der Waals surface area contributed by atoms with Crippen LogP contribution in [0.5, 0.6) is 5.75 Å².